The highest BCUT2D eigenvalue weighted by molar-refractivity contribution is 6.12. The number of nitrogens with zero attached hydrogens (tertiary/aromatic N) is 1. The average Bonchev–Trinajstić information content (AvgIpc) is 2.20. The van der Waals surface area contributed by atoms with Gasteiger partial charge in [0.05, 0.1) is 0 Å². The van der Waals surface area contributed by atoms with Crippen molar-refractivity contribution in [1.82, 2.24) is 10.2 Å². The van der Waals surface area contributed by atoms with Gasteiger partial charge in [0.25, 0.3) is 5.91 Å². The number of amides is 4. The topological polar surface area (TPSA) is 86.7 Å². The summed E-state index contributed by atoms with van der Waals surface area (Å²) in [4.78, 5) is 34.2. The first-order chi connectivity index (χ1) is 6.79. The molecule has 0 radical (unpaired) electrons. The van der Waals surface area contributed by atoms with Gasteiger partial charge in [0, 0.05) is 0 Å². The number of carbonyl (C=O) groups is 3. The van der Waals surface area contributed by atoms with E-state index in [2.05, 4.69) is 0 Å². The van der Waals surface area contributed by atoms with E-state index in [1.54, 1.807) is 0 Å². The molecular weight excluding hydrogens is 200 g/mol. The lowest BCUT2D eigenvalue weighted by Crippen LogP contribution is -2.50. The van der Waals surface area contributed by atoms with Gasteiger partial charge in [-0.15, -0.1) is 0 Å². The number of nitrogens with one attached hydrogen (secondary N) is 1. The van der Waals surface area contributed by atoms with E-state index in [1.807, 2.05) is 19.2 Å². The number of rotatable bonds is 2. The molecule has 0 aromatic rings. The molecule has 84 valence electrons. The molecular formula is C9H14N2O4. The van der Waals surface area contributed by atoms with E-state index < -0.39 is 23.6 Å². The van der Waals surface area contributed by atoms with Crippen LogP contribution in [-0.4, -0.2) is 33.6 Å². The Bertz CT molecular complexity index is 326. The van der Waals surface area contributed by atoms with Crippen LogP contribution in [0.4, 0.5) is 9.59 Å². The number of hydrogen-bond acceptors (Lipinski definition) is 3. The maximum absolute atomic E-state index is 11.5. The van der Waals surface area contributed by atoms with Crippen LogP contribution in [0.5, 0.6) is 0 Å². The number of hydrogen-bond donors (Lipinski definition) is 2. The molecule has 1 aliphatic heterocycles. The molecule has 6 nitrogen and oxygen atoms in total. The quantitative estimate of drug-likeness (QED) is 0.672. The molecule has 1 rings (SSSR count). The average molecular weight is 214 g/mol. The minimum absolute atomic E-state index is 0.119. The Morgan fingerprint density at radius 1 is 1.53 bits per heavy atom. The molecule has 0 aromatic heterocycles. The van der Waals surface area contributed by atoms with Crippen LogP contribution in [0.25, 0.3) is 0 Å². The molecule has 1 unspecified atom stereocenters. The number of carboxylic acid groups (broad SMARTS) is 1. The van der Waals surface area contributed by atoms with Crippen LogP contribution in [0.3, 0.4) is 0 Å². The largest absolute Gasteiger partial charge is 0.465 e. The second kappa shape index (κ2) is 3.52. The van der Waals surface area contributed by atoms with Crippen LogP contribution in [0.15, 0.2) is 0 Å². The second-order valence-corrected chi connectivity index (χ2v) is 4.25. The maximum atomic E-state index is 11.5. The predicted molar refractivity (Wildman–Crippen MR) is 51.3 cm³/mol. The van der Waals surface area contributed by atoms with E-state index >= 15 is 0 Å². The molecule has 0 saturated carbocycles. The van der Waals surface area contributed by atoms with E-state index in [0.717, 1.165) is 0 Å². The summed E-state index contributed by atoms with van der Waals surface area (Å²) in [5, 5.41) is 10.9. The van der Waals surface area contributed by atoms with Crippen molar-refractivity contribution in [3.63, 3.8) is 0 Å². The molecule has 4 amide bonds. The van der Waals surface area contributed by atoms with Crippen molar-refractivity contribution in [2.45, 2.75) is 32.7 Å². The van der Waals surface area contributed by atoms with Crippen LogP contribution >= 0.6 is 0 Å². The van der Waals surface area contributed by atoms with E-state index in [4.69, 9.17) is 5.11 Å². The van der Waals surface area contributed by atoms with Gasteiger partial charge in [-0.25, -0.2) is 14.5 Å². The van der Waals surface area contributed by atoms with Crippen molar-refractivity contribution in [1.29, 1.82) is 0 Å². The van der Waals surface area contributed by atoms with Gasteiger partial charge >= 0.3 is 12.1 Å². The maximum Gasteiger partial charge on any atom is 0.416 e. The van der Waals surface area contributed by atoms with Crippen molar-refractivity contribution in [3.05, 3.63) is 0 Å². The fraction of sp³-hybridized carbons (Fsp3) is 0.667. The minimum Gasteiger partial charge on any atom is -0.465 e. The third-order valence-electron chi connectivity index (χ3n) is 2.40. The number of urea groups is 1. The van der Waals surface area contributed by atoms with Gasteiger partial charge in [0.2, 0.25) is 0 Å². The highest BCUT2D eigenvalue weighted by Crippen LogP contribution is 2.28. The van der Waals surface area contributed by atoms with Crippen LogP contribution in [0.1, 0.15) is 27.2 Å². The predicted octanol–water partition coefficient (Wildman–Crippen LogP) is 1.02. The van der Waals surface area contributed by atoms with E-state index in [9.17, 15) is 14.4 Å². The van der Waals surface area contributed by atoms with Gasteiger partial charge in [-0.2, -0.15) is 0 Å². The van der Waals surface area contributed by atoms with Crippen LogP contribution in [0, 0.1) is 5.92 Å². The summed E-state index contributed by atoms with van der Waals surface area (Å²) in [7, 11) is 0. The first kappa shape index (κ1) is 11.5. The molecule has 0 bridgehead atoms. The van der Waals surface area contributed by atoms with Crippen LogP contribution in [-0.2, 0) is 4.79 Å². The van der Waals surface area contributed by atoms with E-state index in [-0.39, 0.29) is 5.92 Å². The highest BCUT2D eigenvalue weighted by atomic mass is 16.4. The lowest BCUT2D eigenvalue weighted by Gasteiger charge is -2.29. The highest BCUT2D eigenvalue weighted by Gasteiger charge is 2.52. The van der Waals surface area contributed by atoms with Gasteiger partial charge < -0.3 is 5.11 Å². The first-order valence-electron chi connectivity index (χ1n) is 4.67. The zero-order valence-electron chi connectivity index (χ0n) is 8.90. The van der Waals surface area contributed by atoms with Gasteiger partial charge in [0.1, 0.15) is 5.54 Å². The Morgan fingerprint density at radius 3 is 2.47 bits per heavy atom. The smallest absolute Gasteiger partial charge is 0.416 e. The molecule has 1 aliphatic rings. The van der Waals surface area contributed by atoms with Crippen molar-refractivity contribution < 1.29 is 19.5 Å². The molecule has 6 heteroatoms. The molecule has 2 N–H and O–H groups in total. The summed E-state index contributed by atoms with van der Waals surface area (Å²) in [6.45, 7) is 5.18. The Labute approximate surface area is 87.2 Å². The monoisotopic (exact) mass is 214 g/mol. The molecule has 1 saturated heterocycles. The molecule has 0 aromatic carbocycles. The second-order valence-electron chi connectivity index (χ2n) is 4.25. The van der Waals surface area contributed by atoms with Crippen LogP contribution in [0.2, 0.25) is 0 Å². The third kappa shape index (κ3) is 1.79. The molecule has 1 heterocycles. The molecule has 15 heavy (non-hydrogen) atoms. The molecule has 1 fully saturated rings. The van der Waals surface area contributed by atoms with Gasteiger partial charge in [-0.3, -0.25) is 10.1 Å². The number of imide groups is 2. The molecule has 0 spiro atoms. The Morgan fingerprint density at radius 2 is 2.07 bits per heavy atom. The van der Waals surface area contributed by atoms with Crippen molar-refractivity contribution in [2.24, 2.45) is 5.92 Å². The fourth-order valence-electron chi connectivity index (χ4n) is 1.89. The summed E-state index contributed by atoms with van der Waals surface area (Å²) in [6.07, 6.45) is -1.09. The normalized spacial score (nSPS) is 26.0. The molecule has 0 aliphatic carbocycles. The summed E-state index contributed by atoms with van der Waals surface area (Å²) in [5.41, 5.74) is -1.28. The fourth-order valence-corrected chi connectivity index (χ4v) is 1.89. The number of carbonyl (C=O) groups excluding carboxylic acids is 2. The van der Waals surface area contributed by atoms with Crippen molar-refractivity contribution in [3.8, 4) is 0 Å². The molecule has 1 atom stereocenters. The van der Waals surface area contributed by atoms with E-state index in [1.165, 1.54) is 6.92 Å². The van der Waals surface area contributed by atoms with Gasteiger partial charge in [-0.1, -0.05) is 13.8 Å². The zero-order valence-corrected chi connectivity index (χ0v) is 8.90. The lowest BCUT2D eigenvalue weighted by atomic mass is 9.90. The van der Waals surface area contributed by atoms with Gasteiger partial charge in [0.15, 0.2) is 0 Å². The zero-order chi connectivity index (χ0) is 11.8. The summed E-state index contributed by atoms with van der Waals surface area (Å²) < 4.78 is 0. The SMILES string of the molecule is CC(C)CC1(C)C(=O)NC(=O)N1C(=O)O. The lowest BCUT2D eigenvalue weighted by molar-refractivity contribution is -0.126. The Hall–Kier alpha value is -1.59. The van der Waals surface area contributed by atoms with Crippen molar-refractivity contribution in [2.75, 3.05) is 0 Å². The standard InChI is InChI=1S/C9H14N2O4/c1-5(2)4-9(3)6(12)10-7(13)11(9)8(14)15/h5H,4H2,1-3H3,(H,14,15)(H,10,12,13). The summed E-state index contributed by atoms with van der Waals surface area (Å²) >= 11 is 0. The Balaban J connectivity index is 3.06. The van der Waals surface area contributed by atoms with Crippen molar-refractivity contribution >= 4 is 18.0 Å². The minimum atomic E-state index is -1.40. The summed E-state index contributed by atoms with van der Waals surface area (Å²) in [6, 6.07) is -0.865. The summed E-state index contributed by atoms with van der Waals surface area (Å²) in [5.74, 6) is -0.433. The van der Waals surface area contributed by atoms with Crippen LogP contribution < -0.4 is 5.32 Å². The van der Waals surface area contributed by atoms with Gasteiger partial charge in [-0.05, 0) is 19.3 Å². The third-order valence-corrected chi connectivity index (χ3v) is 2.40. The Kier molecular flexibility index (Phi) is 2.70. The van der Waals surface area contributed by atoms with E-state index in [0.29, 0.717) is 11.3 Å². The first-order valence-corrected chi connectivity index (χ1v) is 4.67.